The second-order valence-electron chi connectivity index (χ2n) is 5.56. The molecule has 0 aliphatic carbocycles. The zero-order valence-electron chi connectivity index (χ0n) is 14.1. The number of aromatic nitrogens is 4. The molecule has 122 valence electrons. The van der Waals surface area contributed by atoms with E-state index in [9.17, 15) is 4.79 Å². The first-order valence-electron chi connectivity index (χ1n) is 7.65. The van der Waals surface area contributed by atoms with Crippen LogP contribution in [0.15, 0.2) is 12.1 Å². The fourth-order valence-corrected chi connectivity index (χ4v) is 2.19. The number of hydrogen-bond donors (Lipinski definition) is 2. The van der Waals surface area contributed by atoms with Gasteiger partial charge in [-0.3, -0.25) is 4.79 Å². The molecule has 0 saturated heterocycles. The summed E-state index contributed by atoms with van der Waals surface area (Å²) in [5.41, 5.74) is 2.07. The number of amides is 1. The van der Waals surface area contributed by atoms with Crippen LogP contribution in [0.2, 0.25) is 0 Å². The third-order valence-electron chi connectivity index (χ3n) is 3.36. The maximum atomic E-state index is 11.9. The number of rotatable bonds is 5. The fraction of sp³-hybridized carbons (Fsp3) is 0.438. The Labute approximate surface area is 136 Å². The van der Waals surface area contributed by atoms with E-state index >= 15 is 0 Å². The van der Waals surface area contributed by atoms with Crippen LogP contribution in [0.4, 0.5) is 11.6 Å². The van der Waals surface area contributed by atoms with Crippen LogP contribution in [0, 0.1) is 6.92 Å². The Bertz CT molecular complexity index is 714. The molecule has 0 radical (unpaired) electrons. The van der Waals surface area contributed by atoms with Gasteiger partial charge in [0, 0.05) is 25.2 Å². The summed E-state index contributed by atoms with van der Waals surface area (Å²) in [6.45, 7) is 7.95. The van der Waals surface area contributed by atoms with E-state index in [1.807, 2.05) is 39.8 Å². The number of nitrogens with one attached hydrogen (secondary N) is 2. The number of aryl methyl sites for hydroxylation is 2. The van der Waals surface area contributed by atoms with Crippen LogP contribution in [0.5, 0.6) is 0 Å². The Morgan fingerprint density at radius 1 is 1.17 bits per heavy atom. The number of hydrogen-bond acceptors (Lipinski definition) is 6. The van der Waals surface area contributed by atoms with Crippen LogP contribution in [-0.2, 0) is 6.42 Å². The van der Waals surface area contributed by atoms with Crippen molar-refractivity contribution in [3.8, 4) is 0 Å². The summed E-state index contributed by atoms with van der Waals surface area (Å²) in [7, 11) is 1.58. The highest BCUT2D eigenvalue weighted by Gasteiger charge is 2.16. The number of anilines is 2. The third kappa shape index (κ3) is 4.00. The van der Waals surface area contributed by atoms with Gasteiger partial charge in [0.1, 0.15) is 11.6 Å². The molecule has 7 heteroatoms. The molecule has 0 unspecified atom stereocenters. The number of carbonyl (C=O) groups is 1. The van der Waals surface area contributed by atoms with Gasteiger partial charge in [-0.2, -0.15) is 0 Å². The topological polar surface area (TPSA) is 92.7 Å². The van der Waals surface area contributed by atoms with Crippen molar-refractivity contribution in [1.29, 1.82) is 0 Å². The molecule has 0 spiro atoms. The van der Waals surface area contributed by atoms with E-state index in [4.69, 9.17) is 0 Å². The van der Waals surface area contributed by atoms with Crippen molar-refractivity contribution < 1.29 is 4.79 Å². The Hall–Kier alpha value is -2.57. The van der Waals surface area contributed by atoms with Crippen molar-refractivity contribution >= 4 is 17.5 Å². The Morgan fingerprint density at radius 3 is 2.52 bits per heavy atom. The van der Waals surface area contributed by atoms with Crippen LogP contribution in [-0.4, -0.2) is 33.1 Å². The molecule has 7 nitrogen and oxygen atoms in total. The predicted molar refractivity (Wildman–Crippen MR) is 88.9 cm³/mol. The van der Waals surface area contributed by atoms with Gasteiger partial charge in [-0.05, 0) is 24.5 Å². The minimum atomic E-state index is -0.237. The second kappa shape index (κ2) is 7.13. The van der Waals surface area contributed by atoms with E-state index in [1.54, 1.807) is 7.05 Å². The summed E-state index contributed by atoms with van der Waals surface area (Å²) in [6.07, 6.45) is 0.759. The van der Waals surface area contributed by atoms with Gasteiger partial charge in [0.25, 0.3) is 5.91 Å². The maximum Gasteiger partial charge on any atom is 0.271 e. The lowest BCUT2D eigenvalue weighted by atomic mass is 10.0. The molecule has 0 aromatic carbocycles. The van der Waals surface area contributed by atoms with E-state index in [2.05, 4.69) is 30.8 Å². The van der Waals surface area contributed by atoms with Crippen molar-refractivity contribution in [2.75, 3.05) is 12.4 Å². The maximum absolute atomic E-state index is 11.9. The molecule has 2 heterocycles. The summed E-state index contributed by atoms with van der Waals surface area (Å²) in [5, 5.41) is 13.9. The number of carbonyl (C=O) groups excluding carboxylic acids is 1. The highest BCUT2D eigenvalue weighted by Crippen LogP contribution is 2.22. The van der Waals surface area contributed by atoms with Gasteiger partial charge in [-0.1, -0.05) is 20.8 Å². The molecule has 0 bridgehead atoms. The van der Waals surface area contributed by atoms with Gasteiger partial charge < -0.3 is 10.6 Å². The molecule has 23 heavy (non-hydrogen) atoms. The molecule has 2 aromatic heterocycles. The first kappa shape index (κ1) is 16.8. The molecule has 0 saturated carbocycles. The number of nitrogens with zero attached hydrogens (tertiary/aromatic N) is 4. The minimum Gasteiger partial charge on any atom is -0.354 e. The van der Waals surface area contributed by atoms with E-state index in [1.165, 1.54) is 0 Å². The van der Waals surface area contributed by atoms with E-state index in [0.717, 1.165) is 23.5 Å². The van der Waals surface area contributed by atoms with Crippen molar-refractivity contribution in [3.63, 3.8) is 0 Å². The van der Waals surface area contributed by atoms with Gasteiger partial charge in [0.15, 0.2) is 11.5 Å². The zero-order valence-corrected chi connectivity index (χ0v) is 14.1. The van der Waals surface area contributed by atoms with Gasteiger partial charge >= 0.3 is 0 Å². The molecular weight excluding hydrogens is 292 g/mol. The molecule has 1 amide bonds. The van der Waals surface area contributed by atoms with Crippen molar-refractivity contribution in [3.05, 3.63) is 34.9 Å². The molecular formula is C16H22N6O. The van der Waals surface area contributed by atoms with E-state index in [-0.39, 0.29) is 11.8 Å². The second-order valence-corrected chi connectivity index (χ2v) is 5.56. The summed E-state index contributed by atoms with van der Waals surface area (Å²) in [6, 6.07) is 3.69. The SMILES string of the molecule is CCc1nc(C)cc(Nc2cc(C(C)C)c(C(=O)NC)nn2)n1. The lowest BCUT2D eigenvalue weighted by molar-refractivity contribution is 0.0955. The lowest BCUT2D eigenvalue weighted by Crippen LogP contribution is -2.22. The minimum absolute atomic E-state index is 0.150. The highest BCUT2D eigenvalue weighted by molar-refractivity contribution is 5.93. The smallest absolute Gasteiger partial charge is 0.271 e. The quantitative estimate of drug-likeness (QED) is 0.880. The van der Waals surface area contributed by atoms with Crippen LogP contribution in [0.25, 0.3) is 0 Å². The normalized spacial score (nSPS) is 10.7. The average Bonchev–Trinajstić information content (AvgIpc) is 2.53. The highest BCUT2D eigenvalue weighted by atomic mass is 16.1. The largest absolute Gasteiger partial charge is 0.354 e. The first-order valence-corrected chi connectivity index (χ1v) is 7.65. The Kier molecular flexibility index (Phi) is 5.20. The van der Waals surface area contributed by atoms with Crippen LogP contribution >= 0.6 is 0 Å². The zero-order chi connectivity index (χ0) is 17.0. The first-order chi connectivity index (χ1) is 10.9. The molecule has 0 fully saturated rings. The molecule has 2 aromatic rings. The van der Waals surface area contributed by atoms with E-state index in [0.29, 0.717) is 17.3 Å². The van der Waals surface area contributed by atoms with E-state index < -0.39 is 0 Å². The summed E-state index contributed by atoms with van der Waals surface area (Å²) in [5.74, 6) is 1.91. The Morgan fingerprint density at radius 2 is 1.91 bits per heavy atom. The molecule has 0 aliphatic rings. The standard InChI is InChI=1S/C16H22N6O/c1-6-12-18-10(4)7-13(19-12)20-14-8-11(9(2)3)15(22-21-14)16(23)17-5/h7-9H,6H2,1-5H3,(H,17,23)(H,18,19,20,21). The van der Waals surface area contributed by atoms with Crippen LogP contribution in [0.3, 0.4) is 0 Å². The van der Waals surface area contributed by atoms with Crippen LogP contribution in [0.1, 0.15) is 54.3 Å². The summed E-state index contributed by atoms with van der Waals surface area (Å²) >= 11 is 0. The van der Waals surface area contributed by atoms with Gasteiger partial charge in [-0.25, -0.2) is 9.97 Å². The van der Waals surface area contributed by atoms with Crippen molar-refractivity contribution in [2.45, 2.75) is 40.0 Å². The van der Waals surface area contributed by atoms with Crippen LogP contribution < -0.4 is 10.6 Å². The molecule has 2 N–H and O–H groups in total. The molecule has 2 rings (SSSR count). The predicted octanol–water partition coefficient (Wildman–Crippen LogP) is 2.36. The van der Waals surface area contributed by atoms with Crippen molar-refractivity contribution in [2.24, 2.45) is 0 Å². The molecule has 0 aliphatic heterocycles. The van der Waals surface area contributed by atoms with Gasteiger partial charge in [0.05, 0.1) is 0 Å². The summed E-state index contributed by atoms with van der Waals surface area (Å²) in [4.78, 5) is 20.7. The van der Waals surface area contributed by atoms with Crippen molar-refractivity contribution in [1.82, 2.24) is 25.5 Å². The lowest BCUT2D eigenvalue weighted by Gasteiger charge is -2.13. The van der Waals surface area contributed by atoms with Gasteiger partial charge in [0.2, 0.25) is 0 Å². The Balaban J connectivity index is 2.36. The summed E-state index contributed by atoms with van der Waals surface area (Å²) < 4.78 is 0. The van der Waals surface area contributed by atoms with Gasteiger partial charge in [-0.15, -0.1) is 10.2 Å². The third-order valence-corrected chi connectivity index (χ3v) is 3.36. The monoisotopic (exact) mass is 314 g/mol. The fourth-order valence-electron chi connectivity index (χ4n) is 2.19. The average molecular weight is 314 g/mol. The molecule has 0 atom stereocenters.